The Morgan fingerprint density at radius 1 is 1.89 bits per heavy atom. The molecule has 0 spiro atoms. The molecule has 0 aromatic carbocycles. The number of cyclic esters (lactones) is 1. The first-order chi connectivity index (χ1) is 4.25. The molecule has 50 valence electrons. The van der Waals surface area contributed by atoms with Gasteiger partial charge in [-0.3, -0.25) is 0 Å². The summed E-state index contributed by atoms with van der Waals surface area (Å²) in [4.78, 5) is 10.5. The minimum absolute atomic E-state index is 0.0510. The average molecular weight is 128 g/mol. The van der Waals surface area contributed by atoms with Crippen LogP contribution in [0.4, 0.5) is 0 Å². The monoisotopic (exact) mass is 128 g/mol. The Balaban J connectivity index is 2.62. The third kappa shape index (κ3) is 0.954. The van der Waals surface area contributed by atoms with Crippen molar-refractivity contribution < 1.29 is 14.6 Å². The van der Waals surface area contributed by atoms with Crippen LogP contribution < -0.4 is 0 Å². The number of aliphatic hydroxyl groups excluding tert-OH is 1. The van der Waals surface area contributed by atoms with Gasteiger partial charge in [0, 0.05) is 11.5 Å². The summed E-state index contributed by atoms with van der Waals surface area (Å²) in [6.45, 7) is 3.69. The zero-order valence-electron chi connectivity index (χ0n) is 4.96. The Morgan fingerprint density at radius 2 is 2.56 bits per heavy atom. The van der Waals surface area contributed by atoms with E-state index < -0.39 is 0 Å². The highest BCUT2D eigenvalue weighted by atomic mass is 16.5. The number of hydrogen-bond acceptors (Lipinski definition) is 3. The van der Waals surface area contributed by atoms with Gasteiger partial charge in [0.25, 0.3) is 0 Å². The highest BCUT2D eigenvalue weighted by molar-refractivity contribution is 5.90. The van der Waals surface area contributed by atoms with E-state index in [1.165, 1.54) is 0 Å². The molecule has 1 saturated heterocycles. The summed E-state index contributed by atoms with van der Waals surface area (Å²) in [5.74, 6) is -0.549. The Labute approximate surface area is 52.9 Å². The zero-order chi connectivity index (χ0) is 6.85. The van der Waals surface area contributed by atoms with Crippen LogP contribution >= 0.6 is 0 Å². The SMILES string of the molecule is C=C1C(=O)OC[C@@H]1CO. The first-order valence-electron chi connectivity index (χ1n) is 2.72. The maximum atomic E-state index is 10.5. The van der Waals surface area contributed by atoms with Crippen molar-refractivity contribution in [3.05, 3.63) is 12.2 Å². The van der Waals surface area contributed by atoms with E-state index in [1.807, 2.05) is 0 Å². The highest BCUT2D eigenvalue weighted by Gasteiger charge is 2.27. The molecule has 1 aliphatic rings. The molecule has 1 heterocycles. The fourth-order valence-corrected chi connectivity index (χ4v) is 0.699. The Kier molecular flexibility index (Phi) is 1.53. The van der Waals surface area contributed by atoms with Crippen molar-refractivity contribution in [3.63, 3.8) is 0 Å². The number of rotatable bonds is 1. The van der Waals surface area contributed by atoms with E-state index >= 15 is 0 Å². The molecule has 1 rings (SSSR count). The van der Waals surface area contributed by atoms with Crippen LogP contribution in [0.2, 0.25) is 0 Å². The molecule has 1 aliphatic heterocycles. The molecule has 1 atom stereocenters. The predicted octanol–water partition coefficient (Wildman–Crippen LogP) is -0.292. The van der Waals surface area contributed by atoms with E-state index in [2.05, 4.69) is 11.3 Å². The average Bonchev–Trinajstić information content (AvgIpc) is 2.15. The third-order valence-corrected chi connectivity index (χ3v) is 1.39. The second kappa shape index (κ2) is 2.19. The van der Waals surface area contributed by atoms with Crippen LogP contribution in [-0.2, 0) is 9.53 Å². The minimum atomic E-state index is -0.381. The van der Waals surface area contributed by atoms with E-state index in [1.54, 1.807) is 0 Å². The van der Waals surface area contributed by atoms with Gasteiger partial charge in [-0.05, 0) is 0 Å². The van der Waals surface area contributed by atoms with Crippen LogP contribution in [0.3, 0.4) is 0 Å². The quantitative estimate of drug-likeness (QED) is 0.390. The van der Waals surface area contributed by atoms with Gasteiger partial charge in [0.05, 0.1) is 6.61 Å². The van der Waals surface area contributed by atoms with E-state index in [4.69, 9.17) is 5.11 Å². The summed E-state index contributed by atoms with van der Waals surface area (Å²) in [6, 6.07) is 0. The van der Waals surface area contributed by atoms with Gasteiger partial charge < -0.3 is 9.84 Å². The molecule has 9 heavy (non-hydrogen) atoms. The van der Waals surface area contributed by atoms with Crippen LogP contribution in [0.25, 0.3) is 0 Å². The lowest BCUT2D eigenvalue weighted by Crippen LogP contribution is -2.06. The van der Waals surface area contributed by atoms with Gasteiger partial charge in [-0.2, -0.15) is 0 Å². The van der Waals surface area contributed by atoms with Crippen molar-refractivity contribution in [2.75, 3.05) is 13.2 Å². The molecule has 3 heteroatoms. The summed E-state index contributed by atoms with van der Waals surface area (Å²) in [5, 5.41) is 8.56. The topological polar surface area (TPSA) is 46.5 Å². The molecule has 0 saturated carbocycles. The van der Waals surface area contributed by atoms with Crippen molar-refractivity contribution in [2.24, 2.45) is 5.92 Å². The molecular formula is C6H8O3. The first kappa shape index (κ1) is 6.29. The molecular weight excluding hydrogens is 120 g/mol. The standard InChI is InChI=1S/C6H8O3/c1-4-5(2-7)3-9-6(4)8/h5,7H,1-3H2/t5-/m0/s1. The van der Waals surface area contributed by atoms with E-state index in [0.29, 0.717) is 5.57 Å². The molecule has 0 aliphatic carbocycles. The van der Waals surface area contributed by atoms with Crippen molar-refractivity contribution in [1.29, 1.82) is 0 Å². The second-order valence-corrected chi connectivity index (χ2v) is 2.00. The van der Waals surface area contributed by atoms with Crippen LogP contribution in [0.5, 0.6) is 0 Å². The largest absolute Gasteiger partial charge is 0.462 e. The first-order valence-corrected chi connectivity index (χ1v) is 2.72. The van der Waals surface area contributed by atoms with Gasteiger partial charge in [0.15, 0.2) is 0 Å². The summed E-state index contributed by atoms with van der Waals surface area (Å²) >= 11 is 0. The van der Waals surface area contributed by atoms with Crippen molar-refractivity contribution in [1.82, 2.24) is 0 Å². The second-order valence-electron chi connectivity index (χ2n) is 2.00. The minimum Gasteiger partial charge on any atom is -0.462 e. The predicted molar refractivity (Wildman–Crippen MR) is 30.7 cm³/mol. The molecule has 3 nitrogen and oxygen atoms in total. The van der Waals surface area contributed by atoms with Gasteiger partial charge in [0.1, 0.15) is 6.61 Å². The van der Waals surface area contributed by atoms with Crippen LogP contribution in [0.1, 0.15) is 0 Å². The van der Waals surface area contributed by atoms with Crippen LogP contribution in [-0.4, -0.2) is 24.3 Å². The number of ether oxygens (including phenoxy) is 1. The van der Waals surface area contributed by atoms with Gasteiger partial charge in [-0.1, -0.05) is 6.58 Å². The fourth-order valence-electron chi connectivity index (χ4n) is 0.699. The van der Waals surface area contributed by atoms with Gasteiger partial charge in [0.2, 0.25) is 0 Å². The number of carbonyl (C=O) groups is 1. The number of esters is 1. The summed E-state index contributed by atoms with van der Waals surface area (Å²) < 4.78 is 4.57. The maximum absolute atomic E-state index is 10.5. The summed E-state index contributed by atoms with van der Waals surface area (Å²) in [7, 11) is 0. The molecule has 0 radical (unpaired) electrons. The maximum Gasteiger partial charge on any atom is 0.333 e. The van der Waals surface area contributed by atoms with Crippen molar-refractivity contribution >= 4 is 5.97 Å². The number of carbonyl (C=O) groups excluding carboxylic acids is 1. The number of hydrogen-bond donors (Lipinski definition) is 1. The van der Waals surface area contributed by atoms with E-state index in [-0.39, 0.29) is 25.1 Å². The molecule has 0 unspecified atom stereocenters. The van der Waals surface area contributed by atoms with Crippen molar-refractivity contribution in [2.45, 2.75) is 0 Å². The molecule has 0 aromatic rings. The third-order valence-electron chi connectivity index (χ3n) is 1.39. The Morgan fingerprint density at radius 3 is 2.78 bits per heavy atom. The Bertz CT molecular complexity index is 150. The van der Waals surface area contributed by atoms with Crippen LogP contribution in [0, 0.1) is 5.92 Å². The lowest BCUT2D eigenvalue weighted by Gasteiger charge is -1.97. The highest BCUT2D eigenvalue weighted by Crippen LogP contribution is 2.17. The van der Waals surface area contributed by atoms with E-state index in [0.717, 1.165) is 0 Å². The van der Waals surface area contributed by atoms with E-state index in [9.17, 15) is 4.79 Å². The van der Waals surface area contributed by atoms with Gasteiger partial charge >= 0.3 is 5.97 Å². The summed E-state index contributed by atoms with van der Waals surface area (Å²) in [5.41, 5.74) is 0.387. The van der Waals surface area contributed by atoms with Crippen molar-refractivity contribution in [3.8, 4) is 0 Å². The lowest BCUT2D eigenvalue weighted by molar-refractivity contribution is -0.135. The van der Waals surface area contributed by atoms with Crippen LogP contribution in [0.15, 0.2) is 12.2 Å². The lowest BCUT2D eigenvalue weighted by atomic mass is 10.1. The van der Waals surface area contributed by atoms with Gasteiger partial charge in [-0.15, -0.1) is 0 Å². The number of aliphatic hydroxyl groups is 1. The molecule has 1 N–H and O–H groups in total. The fraction of sp³-hybridized carbons (Fsp3) is 0.500. The molecule has 0 bridgehead atoms. The smallest absolute Gasteiger partial charge is 0.333 e. The zero-order valence-corrected chi connectivity index (χ0v) is 4.96. The Hall–Kier alpha value is -0.830. The van der Waals surface area contributed by atoms with Gasteiger partial charge in [-0.25, -0.2) is 4.79 Å². The molecule has 0 aromatic heterocycles. The molecule has 1 fully saturated rings. The normalized spacial score (nSPS) is 26.6. The molecule has 0 amide bonds. The summed E-state index contributed by atoms with van der Waals surface area (Å²) in [6.07, 6.45) is 0.